The second kappa shape index (κ2) is 11.4. The molecule has 0 radical (unpaired) electrons. The first kappa shape index (κ1) is 29.0. The summed E-state index contributed by atoms with van der Waals surface area (Å²) in [6.45, 7) is 0. The van der Waals surface area contributed by atoms with E-state index in [1.165, 1.54) is 0 Å². The highest BCUT2D eigenvalue weighted by Gasteiger charge is 2.22. The van der Waals surface area contributed by atoms with Gasteiger partial charge in [0.25, 0.3) is 0 Å². The largest absolute Gasteiger partial charge is 0.497 e. The summed E-state index contributed by atoms with van der Waals surface area (Å²) in [6, 6.07) is 34.8. The first-order valence-corrected chi connectivity index (χ1v) is 15.4. The molecule has 0 aliphatic carbocycles. The number of hydrogen-bond donors (Lipinski definition) is 0. The summed E-state index contributed by atoms with van der Waals surface area (Å²) in [4.78, 5) is 4.31. The van der Waals surface area contributed by atoms with E-state index in [2.05, 4.69) is 38.4 Å². The van der Waals surface area contributed by atoms with Gasteiger partial charge in [-0.05, 0) is 103 Å². The molecule has 8 nitrogen and oxygen atoms in total. The van der Waals surface area contributed by atoms with E-state index in [0.29, 0.717) is 5.56 Å². The Balaban J connectivity index is 1.50. The van der Waals surface area contributed by atoms with Crippen LogP contribution >= 0.6 is 0 Å². The number of fused-ring (bicyclic) bond motifs is 6. The fraction of sp³-hybridized carbons (Fsp3) is 0.100. The molecule has 0 saturated heterocycles. The third-order valence-electron chi connectivity index (χ3n) is 9.07. The van der Waals surface area contributed by atoms with Crippen LogP contribution in [0.4, 0.5) is 0 Å². The number of pyridine rings is 1. The molecule has 0 amide bonds. The fourth-order valence-corrected chi connectivity index (χ4v) is 6.79. The van der Waals surface area contributed by atoms with Crippen molar-refractivity contribution >= 4 is 43.6 Å². The number of ether oxygens (including phenoxy) is 4. The molecule has 3 heterocycles. The minimum atomic E-state index is 0.519. The van der Waals surface area contributed by atoms with Gasteiger partial charge in [0.2, 0.25) is 0 Å². The molecule has 0 aliphatic rings. The van der Waals surface area contributed by atoms with Gasteiger partial charge in [-0.2, -0.15) is 5.26 Å². The van der Waals surface area contributed by atoms with Crippen molar-refractivity contribution in [1.82, 2.24) is 14.1 Å². The van der Waals surface area contributed by atoms with Crippen molar-refractivity contribution < 1.29 is 18.9 Å². The lowest BCUT2D eigenvalue weighted by molar-refractivity contribution is 0.415. The predicted molar refractivity (Wildman–Crippen MR) is 189 cm³/mol. The van der Waals surface area contributed by atoms with E-state index in [1.54, 1.807) is 40.8 Å². The lowest BCUT2D eigenvalue weighted by atomic mass is 10.00. The van der Waals surface area contributed by atoms with Crippen LogP contribution < -0.4 is 18.9 Å². The molecule has 8 heteroatoms. The van der Waals surface area contributed by atoms with E-state index in [9.17, 15) is 5.26 Å². The van der Waals surface area contributed by atoms with Crippen molar-refractivity contribution in [3.63, 3.8) is 0 Å². The average Bonchev–Trinajstić information content (AvgIpc) is 3.65. The van der Waals surface area contributed by atoms with Gasteiger partial charge >= 0.3 is 0 Å². The predicted octanol–water partition coefficient (Wildman–Crippen LogP) is 8.85. The molecule has 0 aliphatic heterocycles. The molecule has 0 bridgehead atoms. The van der Waals surface area contributed by atoms with Crippen molar-refractivity contribution in [3.8, 4) is 51.6 Å². The number of nitrogens with zero attached hydrogens (tertiary/aromatic N) is 4. The molecule has 3 aromatic heterocycles. The second-order valence-electron chi connectivity index (χ2n) is 11.4. The number of benzene rings is 5. The summed E-state index contributed by atoms with van der Waals surface area (Å²) in [5, 5.41) is 14.8. The second-order valence-corrected chi connectivity index (χ2v) is 11.4. The summed E-state index contributed by atoms with van der Waals surface area (Å²) in [7, 11) is 6.66. The molecule has 48 heavy (non-hydrogen) atoms. The summed E-state index contributed by atoms with van der Waals surface area (Å²) in [6.07, 6.45) is 3.58. The molecule has 8 rings (SSSR count). The normalized spacial score (nSPS) is 11.3. The molecule has 234 valence electrons. The van der Waals surface area contributed by atoms with Crippen molar-refractivity contribution in [1.29, 1.82) is 5.26 Å². The first-order chi connectivity index (χ1) is 23.6. The highest BCUT2D eigenvalue weighted by atomic mass is 16.5. The quantitative estimate of drug-likeness (QED) is 0.175. The lowest BCUT2D eigenvalue weighted by Crippen LogP contribution is -2.04. The highest BCUT2D eigenvalue weighted by Crippen LogP contribution is 2.42. The van der Waals surface area contributed by atoms with E-state index in [0.717, 1.165) is 89.1 Å². The number of hydrogen-bond acceptors (Lipinski definition) is 6. The zero-order chi connectivity index (χ0) is 32.9. The van der Waals surface area contributed by atoms with Crippen LogP contribution in [0.3, 0.4) is 0 Å². The van der Waals surface area contributed by atoms with Gasteiger partial charge in [-0.15, -0.1) is 0 Å². The zero-order valence-corrected chi connectivity index (χ0v) is 26.8. The Morgan fingerprint density at radius 1 is 0.500 bits per heavy atom. The smallest absolute Gasteiger partial charge is 0.119 e. The highest BCUT2D eigenvalue weighted by molar-refractivity contribution is 6.12. The Morgan fingerprint density at radius 3 is 1.27 bits per heavy atom. The molecule has 8 aromatic rings. The number of rotatable bonds is 7. The molecule has 0 fully saturated rings. The number of nitriles is 1. The maximum absolute atomic E-state index is 10.8. The molecule has 5 aromatic carbocycles. The maximum atomic E-state index is 10.8. The van der Waals surface area contributed by atoms with Crippen LogP contribution in [0.15, 0.2) is 109 Å². The van der Waals surface area contributed by atoms with Gasteiger partial charge in [0.05, 0.1) is 67.4 Å². The van der Waals surface area contributed by atoms with E-state index >= 15 is 0 Å². The van der Waals surface area contributed by atoms with Gasteiger partial charge in [0, 0.05) is 39.5 Å². The monoisotopic (exact) mass is 630 g/mol. The Morgan fingerprint density at radius 2 is 0.896 bits per heavy atom. The van der Waals surface area contributed by atoms with Crippen molar-refractivity contribution in [3.05, 3.63) is 115 Å². The summed E-state index contributed by atoms with van der Waals surface area (Å²) < 4.78 is 26.8. The Hall–Kier alpha value is -6.46. The third kappa shape index (κ3) is 4.40. The van der Waals surface area contributed by atoms with Crippen molar-refractivity contribution in [2.45, 2.75) is 0 Å². The zero-order valence-electron chi connectivity index (χ0n) is 26.8. The van der Waals surface area contributed by atoms with Gasteiger partial charge < -0.3 is 28.1 Å². The molecular formula is C40H30N4O4. The van der Waals surface area contributed by atoms with Gasteiger partial charge in [0.15, 0.2) is 0 Å². The molecule has 0 N–H and O–H groups in total. The average molecular weight is 631 g/mol. The standard InChI is InChI=1S/C40H30N4O4/c1-45-26-5-9-35-31(18-26)32-19-27(46-2)6-10-36(32)43(35)39-22-30(24-13-15-42-16-14-24)40(17-25(39)23-41)44-37-11-7-28(47-3)20-33(37)34-21-29(48-4)8-12-38(34)44/h5-22H,1-4H3. The molecule has 0 spiro atoms. The van der Waals surface area contributed by atoms with Crippen LogP contribution in [0.5, 0.6) is 23.0 Å². The third-order valence-corrected chi connectivity index (χ3v) is 9.07. The van der Waals surface area contributed by atoms with Crippen LogP contribution in [0.1, 0.15) is 5.56 Å². The Bertz CT molecular complexity index is 2460. The maximum Gasteiger partial charge on any atom is 0.119 e. The van der Waals surface area contributed by atoms with Gasteiger partial charge in [-0.3, -0.25) is 4.98 Å². The lowest BCUT2D eigenvalue weighted by Gasteiger charge is -2.19. The number of methoxy groups -OCH3 is 4. The minimum absolute atomic E-state index is 0.519. The number of aromatic nitrogens is 3. The van der Waals surface area contributed by atoms with Crippen LogP contribution in [-0.2, 0) is 0 Å². The Kier molecular flexibility index (Phi) is 6.89. The summed E-state index contributed by atoms with van der Waals surface area (Å²) >= 11 is 0. The molecule has 0 atom stereocenters. The first-order valence-electron chi connectivity index (χ1n) is 15.4. The van der Waals surface area contributed by atoms with E-state index in [-0.39, 0.29) is 0 Å². The SMILES string of the molecule is COc1ccc2c(c1)c1cc(OC)ccc1n2-c1cc(-c2ccncc2)c(-n2c3ccc(OC)cc3c3cc(OC)ccc32)cc1C#N. The van der Waals surface area contributed by atoms with Crippen LogP contribution in [0.2, 0.25) is 0 Å². The van der Waals surface area contributed by atoms with E-state index in [1.807, 2.05) is 78.9 Å². The van der Waals surface area contributed by atoms with Crippen LogP contribution in [0, 0.1) is 11.3 Å². The molecule has 0 unspecified atom stereocenters. The molecular weight excluding hydrogens is 600 g/mol. The van der Waals surface area contributed by atoms with Crippen molar-refractivity contribution in [2.24, 2.45) is 0 Å². The van der Waals surface area contributed by atoms with Gasteiger partial charge in [-0.1, -0.05) is 0 Å². The minimum Gasteiger partial charge on any atom is -0.497 e. The van der Waals surface area contributed by atoms with E-state index < -0.39 is 0 Å². The summed E-state index contributed by atoms with van der Waals surface area (Å²) in [5.74, 6) is 3.01. The van der Waals surface area contributed by atoms with Gasteiger partial charge in [-0.25, -0.2) is 0 Å². The van der Waals surface area contributed by atoms with Crippen molar-refractivity contribution in [2.75, 3.05) is 28.4 Å². The fourth-order valence-electron chi connectivity index (χ4n) is 6.79. The van der Waals surface area contributed by atoms with E-state index in [4.69, 9.17) is 18.9 Å². The summed E-state index contributed by atoms with van der Waals surface area (Å²) in [5.41, 5.74) is 7.88. The topological polar surface area (TPSA) is 83.5 Å². The van der Waals surface area contributed by atoms with Gasteiger partial charge in [0.1, 0.15) is 29.1 Å². The van der Waals surface area contributed by atoms with Crippen LogP contribution in [-0.4, -0.2) is 42.6 Å². The Labute approximate surface area is 276 Å². The van der Waals surface area contributed by atoms with Crippen LogP contribution in [0.25, 0.3) is 66.1 Å². The molecule has 0 saturated carbocycles.